The van der Waals surface area contributed by atoms with E-state index in [0.29, 0.717) is 5.69 Å². The lowest BCUT2D eigenvalue weighted by Crippen LogP contribution is -2.37. The van der Waals surface area contributed by atoms with Crippen molar-refractivity contribution in [3.05, 3.63) is 59.2 Å². The van der Waals surface area contributed by atoms with Crippen LogP contribution >= 0.6 is 0 Å². The number of benzene rings is 1. The van der Waals surface area contributed by atoms with Crippen molar-refractivity contribution in [2.24, 2.45) is 0 Å². The first kappa shape index (κ1) is 16.0. The van der Waals surface area contributed by atoms with Gasteiger partial charge >= 0.3 is 0 Å². The lowest BCUT2D eigenvalue weighted by molar-refractivity contribution is 0.0846. The molecule has 0 bridgehead atoms. The quantitative estimate of drug-likeness (QED) is 0.905. The number of carbonyl (C=O) groups excluding carboxylic acids is 1. The Kier molecular flexibility index (Phi) is 4.77. The predicted octanol–water partition coefficient (Wildman–Crippen LogP) is 1.92. The standard InChI is InChI=1S/C15H15F2N3O2/c1-8-5-13(19-7-18-8)15(22)20-9(2)14(21)10-3-4-11(16)12(17)6-10/h3-7,9,14,21H,1-2H3,(H,20,22). The van der Waals surface area contributed by atoms with Gasteiger partial charge in [-0.05, 0) is 37.6 Å². The third-order valence-corrected chi connectivity index (χ3v) is 3.15. The van der Waals surface area contributed by atoms with E-state index in [2.05, 4.69) is 15.3 Å². The van der Waals surface area contributed by atoms with Crippen LogP contribution in [0.2, 0.25) is 0 Å². The van der Waals surface area contributed by atoms with Gasteiger partial charge in [0.25, 0.3) is 5.91 Å². The van der Waals surface area contributed by atoms with E-state index in [1.807, 2.05) is 0 Å². The Hall–Kier alpha value is -2.41. The van der Waals surface area contributed by atoms with Gasteiger partial charge in [0.05, 0.1) is 12.1 Å². The first-order valence-electron chi connectivity index (χ1n) is 6.61. The molecule has 0 aliphatic heterocycles. The molecule has 0 saturated carbocycles. The Morgan fingerprint density at radius 3 is 2.59 bits per heavy atom. The van der Waals surface area contributed by atoms with Crippen LogP contribution < -0.4 is 5.32 Å². The van der Waals surface area contributed by atoms with E-state index < -0.39 is 29.7 Å². The summed E-state index contributed by atoms with van der Waals surface area (Å²) in [5.41, 5.74) is 0.969. The smallest absolute Gasteiger partial charge is 0.270 e. The van der Waals surface area contributed by atoms with Gasteiger partial charge in [-0.15, -0.1) is 0 Å². The summed E-state index contributed by atoms with van der Waals surface area (Å²) in [4.78, 5) is 19.7. The lowest BCUT2D eigenvalue weighted by Gasteiger charge is -2.20. The van der Waals surface area contributed by atoms with Gasteiger partial charge < -0.3 is 10.4 Å². The number of nitrogens with zero attached hydrogens (tertiary/aromatic N) is 2. The van der Waals surface area contributed by atoms with Gasteiger partial charge in [0.2, 0.25) is 0 Å². The van der Waals surface area contributed by atoms with Gasteiger partial charge in [-0.2, -0.15) is 0 Å². The molecule has 2 aromatic rings. The largest absolute Gasteiger partial charge is 0.386 e. The predicted molar refractivity (Wildman–Crippen MR) is 75.0 cm³/mol. The van der Waals surface area contributed by atoms with Crippen LogP contribution in [0, 0.1) is 18.6 Å². The molecule has 0 spiro atoms. The van der Waals surface area contributed by atoms with Crippen LogP contribution in [0.1, 0.15) is 34.8 Å². The molecule has 2 unspecified atom stereocenters. The molecule has 5 nitrogen and oxygen atoms in total. The molecule has 2 rings (SSSR count). The van der Waals surface area contributed by atoms with Crippen molar-refractivity contribution in [1.29, 1.82) is 0 Å². The van der Waals surface area contributed by atoms with Crippen LogP contribution in [-0.4, -0.2) is 27.0 Å². The number of rotatable bonds is 4. The fourth-order valence-electron chi connectivity index (χ4n) is 1.92. The van der Waals surface area contributed by atoms with Crippen LogP contribution in [0.5, 0.6) is 0 Å². The number of aliphatic hydroxyl groups excluding tert-OH is 1. The molecular formula is C15H15F2N3O2. The molecule has 0 aliphatic rings. The van der Waals surface area contributed by atoms with Crippen LogP contribution in [0.25, 0.3) is 0 Å². The van der Waals surface area contributed by atoms with Crippen LogP contribution in [0.4, 0.5) is 8.78 Å². The topological polar surface area (TPSA) is 75.1 Å². The molecule has 1 aromatic carbocycles. The molecule has 1 aromatic heterocycles. The molecule has 7 heteroatoms. The minimum atomic E-state index is -1.18. The van der Waals surface area contributed by atoms with Crippen molar-refractivity contribution in [3.63, 3.8) is 0 Å². The fraction of sp³-hybridized carbons (Fsp3) is 0.267. The van der Waals surface area contributed by atoms with E-state index in [9.17, 15) is 18.7 Å². The zero-order valence-corrected chi connectivity index (χ0v) is 12.0. The molecular weight excluding hydrogens is 292 g/mol. The number of carbonyl (C=O) groups is 1. The maximum Gasteiger partial charge on any atom is 0.270 e. The molecule has 0 saturated heterocycles. The number of halogens is 2. The first-order valence-corrected chi connectivity index (χ1v) is 6.61. The Morgan fingerprint density at radius 1 is 1.23 bits per heavy atom. The van der Waals surface area contributed by atoms with Gasteiger partial charge in [-0.25, -0.2) is 18.7 Å². The number of aryl methyl sites for hydroxylation is 1. The summed E-state index contributed by atoms with van der Waals surface area (Å²) in [6.07, 6.45) is 0.0859. The molecule has 116 valence electrons. The highest BCUT2D eigenvalue weighted by atomic mass is 19.2. The number of hydrogen-bond acceptors (Lipinski definition) is 4. The van der Waals surface area contributed by atoms with Crippen LogP contribution in [-0.2, 0) is 0 Å². The highest BCUT2D eigenvalue weighted by Gasteiger charge is 2.21. The van der Waals surface area contributed by atoms with Crippen molar-refractivity contribution in [3.8, 4) is 0 Å². The average molecular weight is 307 g/mol. The Bertz CT molecular complexity index is 694. The summed E-state index contributed by atoms with van der Waals surface area (Å²) in [5.74, 6) is -2.54. The number of hydrogen-bond donors (Lipinski definition) is 2. The Balaban J connectivity index is 2.09. The lowest BCUT2D eigenvalue weighted by atomic mass is 10.0. The summed E-state index contributed by atoms with van der Waals surface area (Å²) in [5, 5.41) is 12.7. The maximum atomic E-state index is 13.2. The molecule has 1 amide bonds. The maximum absolute atomic E-state index is 13.2. The van der Waals surface area contributed by atoms with E-state index in [-0.39, 0.29) is 11.3 Å². The minimum absolute atomic E-state index is 0.164. The number of amides is 1. The fourth-order valence-corrected chi connectivity index (χ4v) is 1.92. The third-order valence-electron chi connectivity index (χ3n) is 3.15. The van der Waals surface area contributed by atoms with E-state index in [0.717, 1.165) is 12.1 Å². The first-order chi connectivity index (χ1) is 10.4. The highest BCUT2D eigenvalue weighted by molar-refractivity contribution is 5.92. The van der Waals surface area contributed by atoms with E-state index in [1.54, 1.807) is 13.8 Å². The normalized spacial score (nSPS) is 13.5. The second-order valence-electron chi connectivity index (χ2n) is 4.93. The van der Waals surface area contributed by atoms with Crippen molar-refractivity contribution >= 4 is 5.91 Å². The number of aromatic nitrogens is 2. The van der Waals surface area contributed by atoms with Crippen LogP contribution in [0.3, 0.4) is 0 Å². The zero-order chi connectivity index (χ0) is 16.3. The van der Waals surface area contributed by atoms with Crippen LogP contribution in [0.15, 0.2) is 30.6 Å². The molecule has 22 heavy (non-hydrogen) atoms. The highest BCUT2D eigenvalue weighted by Crippen LogP contribution is 2.19. The summed E-state index contributed by atoms with van der Waals surface area (Å²) in [7, 11) is 0. The average Bonchev–Trinajstić information content (AvgIpc) is 2.49. The summed E-state index contributed by atoms with van der Waals surface area (Å²) >= 11 is 0. The summed E-state index contributed by atoms with van der Waals surface area (Å²) in [6.45, 7) is 3.27. The third kappa shape index (κ3) is 3.62. The summed E-state index contributed by atoms with van der Waals surface area (Å²) < 4.78 is 26.1. The zero-order valence-electron chi connectivity index (χ0n) is 12.0. The van der Waals surface area contributed by atoms with Crippen molar-refractivity contribution in [1.82, 2.24) is 15.3 Å². The van der Waals surface area contributed by atoms with Crippen molar-refractivity contribution < 1.29 is 18.7 Å². The second-order valence-corrected chi connectivity index (χ2v) is 4.93. The van der Waals surface area contributed by atoms with E-state index >= 15 is 0 Å². The minimum Gasteiger partial charge on any atom is -0.386 e. The molecule has 1 heterocycles. The number of nitrogens with one attached hydrogen (secondary N) is 1. The van der Waals surface area contributed by atoms with Gasteiger partial charge in [0.15, 0.2) is 11.6 Å². The molecule has 2 atom stereocenters. The number of aliphatic hydroxyl groups is 1. The molecule has 0 aliphatic carbocycles. The summed E-state index contributed by atoms with van der Waals surface area (Å²) in [6, 6.07) is 3.88. The van der Waals surface area contributed by atoms with Gasteiger partial charge in [-0.3, -0.25) is 4.79 Å². The molecule has 2 N–H and O–H groups in total. The second kappa shape index (κ2) is 6.57. The molecule has 0 fully saturated rings. The van der Waals surface area contributed by atoms with Gasteiger partial charge in [0, 0.05) is 5.69 Å². The Morgan fingerprint density at radius 2 is 1.95 bits per heavy atom. The van der Waals surface area contributed by atoms with Crippen molar-refractivity contribution in [2.75, 3.05) is 0 Å². The SMILES string of the molecule is Cc1cc(C(=O)NC(C)C(O)c2ccc(F)c(F)c2)ncn1. The van der Waals surface area contributed by atoms with Crippen molar-refractivity contribution in [2.45, 2.75) is 26.0 Å². The Labute approximate surface area is 126 Å². The van der Waals surface area contributed by atoms with E-state index in [4.69, 9.17) is 0 Å². The van der Waals surface area contributed by atoms with E-state index in [1.165, 1.54) is 18.5 Å². The van der Waals surface area contributed by atoms with Gasteiger partial charge in [0.1, 0.15) is 12.0 Å². The monoisotopic (exact) mass is 307 g/mol. The van der Waals surface area contributed by atoms with Gasteiger partial charge in [-0.1, -0.05) is 6.07 Å². The molecule has 0 radical (unpaired) electrons.